The van der Waals surface area contributed by atoms with Crippen LogP contribution in [0.15, 0.2) is 11.2 Å². The average molecular weight is 290 g/mol. The number of esters is 1. The molecule has 5 nitrogen and oxygen atoms in total. The lowest BCUT2D eigenvalue weighted by molar-refractivity contribution is -0.143. The number of carbonyl (C=O) groups is 1. The minimum atomic E-state index is -0.176. The Morgan fingerprint density at radius 1 is 1.56 bits per heavy atom. The zero-order valence-electron chi connectivity index (χ0n) is 10.4. The molecule has 0 aliphatic heterocycles. The van der Waals surface area contributed by atoms with Crippen LogP contribution in [0, 0.1) is 0 Å². The minimum Gasteiger partial charge on any atom is -0.466 e. The number of anilines is 1. The highest BCUT2D eigenvalue weighted by Gasteiger charge is 2.03. The highest BCUT2D eigenvalue weighted by atomic mass is 35.5. The SMILES string of the molecule is CCOC(=O)CCCNc1cc(Cl)nc(SC)n1. The van der Waals surface area contributed by atoms with Gasteiger partial charge in [0.15, 0.2) is 5.16 Å². The van der Waals surface area contributed by atoms with Gasteiger partial charge in [-0.25, -0.2) is 9.97 Å². The molecule has 0 saturated heterocycles. The van der Waals surface area contributed by atoms with Crippen molar-refractivity contribution < 1.29 is 9.53 Å². The van der Waals surface area contributed by atoms with Gasteiger partial charge in [-0.3, -0.25) is 4.79 Å². The predicted octanol–water partition coefficient (Wildman–Crippen LogP) is 2.61. The van der Waals surface area contributed by atoms with Crippen LogP contribution < -0.4 is 5.32 Å². The van der Waals surface area contributed by atoms with Crippen molar-refractivity contribution in [3.05, 3.63) is 11.2 Å². The Balaban J connectivity index is 2.35. The smallest absolute Gasteiger partial charge is 0.305 e. The van der Waals surface area contributed by atoms with Crippen LogP contribution in [0.25, 0.3) is 0 Å². The van der Waals surface area contributed by atoms with Crippen LogP contribution in [-0.2, 0) is 9.53 Å². The van der Waals surface area contributed by atoms with E-state index in [0.29, 0.717) is 42.1 Å². The predicted molar refractivity (Wildman–Crippen MR) is 73.2 cm³/mol. The lowest BCUT2D eigenvalue weighted by Crippen LogP contribution is -2.09. The first-order valence-corrected chi connectivity index (χ1v) is 7.24. The highest BCUT2D eigenvalue weighted by Crippen LogP contribution is 2.17. The standard InChI is InChI=1S/C11H16ClN3O2S/c1-3-17-10(16)5-4-6-13-9-7-8(12)14-11(15-9)18-2/h7H,3-6H2,1-2H3,(H,13,14,15). The summed E-state index contributed by atoms with van der Waals surface area (Å²) in [5.41, 5.74) is 0. The first kappa shape index (κ1) is 15.0. The fraction of sp³-hybridized carbons (Fsp3) is 0.545. The molecular weight excluding hydrogens is 274 g/mol. The van der Waals surface area contributed by atoms with Gasteiger partial charge in [0.25, 0.3) is 0 Å². The summed E-state index contributed by atoms with van der Waals surface area (Å²) in [5.74, 6) is 0.494. The summed E-state index contributed by atoms with van der Waals surface area (Å²) in [5, 5.41) is 4.13. The Kier molecular flexibility index (Phi) is 6.82. The van der Waals surface area contributed by atoms with E-state index in [2.05, 4.69) is 15.3 Å². The molecule has 0 aliphatic rings. The number of hydrogen-bond donors (Lipinski definition) is 1. The van der Waals surface area contributed by atoms with Crippen LogP contribution in [0.3, 0.4) is 0 Å². The van der Waals surface area contributed by atoms with Crippen LogP contribution in [0.4, 0.5) is 5.82 Å². The topological polar surface area (TPSA) is 64.1 Å². The van der Waals surface area contributed by atoms with E-state index < -0.39 is 0 Å². The lowest BCUT2D eigenvalue weighted by Gasteiger charge is -2.06. The second-order valence-electron chi connectivity index (χ2n) is 3.40. The quantitative estimate of drug-likeness (QED) is 0.274. The van der Waals surface area contributed by atoms with Gasteiger partial charge in [-0.15, -0.1) is 0 Å². The van der Waals surface area contributed by atoms with Gasteiger partial charge in [0.05, 0.1) is 6.61 Å². The second kappa shape index (κ2) is 8.16. The van der Waals surface area contributed by atoms with Crippen molar-refractivity contribution in [3.63, 3.8) is 0 Å². The van der Waals surface area contributed by atoms with Crippen molar-refractivity contribution in [2.75, 3.05) is 24.7 Å². The van der Waals surface area contributed by atoms with Crippen molar-refractivity contribution in [3.8, 4) is 0 Å². The van der Waals surface area contributed by atoms with E-state index in [1.54, 1.807) is 13.0 Å². The fourth-order valence-electron chi connectivity index (χ4n) is 1.26. The summed E-state index contributed by atoms with van der Waals surface area (Å²) in [6, 6.07) is 1.66. The molecule has 1 aromatic rings. The van der Waals surface area contributed by atoms with Gasteiger partial charge in [-0.1, -0.05) is 23.4 Å². The number of thioether (sulfide) groups is 1. The first-order valence-electron chi connectivity index (χ1n) is 5.63. The van der Waals surface area contributed by atoms with Crippen LogP contribution in [0.1, 0.15) is 19.8 Å². The highest BCUT2D eigenvalue weighted by molar-refractivity contribution is 7.98. The molecule has 0 atom stereocenters. The molecule has 0 fully saturated rings. The Labute approximate surface area is 116 Å². The third-order valence-corrected chi connectivity index (χ3v) is 2.77. The van der Waals surface area contributed by atoms with Gasteiger partial charge in [0.2, 0.25) is 0 Å². The number of rotatable bonds is 7. The summed E-state index contributed by atoms with van der Waals surface area (Å²) >= 11 is 7.28. The molecule has 0 saturated carbocycles. The number of halogens is 1. The molecule has 0 amide bonds. The average Bonchev–Trinajstić information content (AvgIpc) is 2.34. The summed E-state index contributed by atoms with van der Waals surface area (Å²) < 4.78 is 4.83. The van der Waals surface area contributed by atoms with E-state index in [1.807, 2.05) is 6.26 Å². The molecule has 7 heteroatoms. The van der Waals surface area contributed by atoms with Gasteiger partial charge < -0.3 is 10.1 Å². The van der Waals surface area contributed by atoms with Crippen molar-refractivity contribution in [2.24, 2.45) is 0 Å². The number of carbonyl (C=O) groups excluding carboxylic acids is 1. The van der Waals surface area contributed by atoms with E-state index in [-0.39, 0.29) is 5.97 Å². The molecule has 18 heavy (non-hydrogen) atoms. The van der Waals surface area contributed by atoms with Gasteiger partial charge in [0.1, 0.15) is 11.0 Å². The molecule has 0 aliphatic carbocycles. The first-order chi connectivity index (χ1) is 8.65. The van der Waals surface area contributed by atoms with Crippen molar-refractivity contribution >= 4 is 35.1 Å². The van der Waals surface area contributed by atoms with Gasteiger partial charge in [0, 0.05) is 19.0 Å². The number of nitrogens with zero attached hydrogens (tertiary/aromatic N) is 2. The number of nitrogens with one attached hydrogen (secondary N) is 1. The van der Waals surface area contributed by atoms with E-state index in [9.17, 15) is 4.79 Å². The molecule has 1 rings (SSSR count). The Morgan fingerprint density at radius 3 is 3.00 bits per heavy atom. The van der Waals surface area contributed by atoms with Crippen molar-refractivity contribution in [1.29, 1.82) is 0 Å². The van der Waals surface area contributed by atoms with Crippen LogP contribution in [-0.4, -0.2) is 35.3 Å². The van der Waals surface area contributed by atoms with Crippen LogP contribution in [0.5, 0.6) is 0 Å². The van der Waals surface area contributed by atoms with Gasteiger partial charge in [-0.2, -0.15) is 0 Å². The normalized spacial score (nSPS) is 10.2. The third-order valence-electron chi connectivity index (χ3n) is 2.03. The van der Waals surface area contributed by atoms with E-state index in [4.69, 9.17) is 16.3 Å². The maximum atomic E-state index is 11.1. The minimum absolute atomic E-state index is 0.176. The molecule has 100 valence electrons. The molecule has 1 aromatic heterocycles. The number of ether oxygens (including phenoxy) is 1. The molecule has 0 spiro atoms. The summed E-state index contributed by atoms with van der Waals surface area (Å²) in [6.07, 6.45) is 2.97. The lowest BCUT2D eigenvalue weighted by atomic mass is 10.3. The third kappa shape index (κ3) is 5.55. The molecular formula is C11H16ClN3O2S. The van der Waals surface area contributed by atoms with Gasteiger partial charge >= 0.3 is 5.97 Å². The Bertz CT molecular complexity index is 404. The van der Waals surface area contributed by atoms with E-state index >= 15 is 0 Å². The number of hydrogen-bond acceptors (Lipinski definition) is 6. The monoisotopic (exact) mass is 289 g/mol. The van der Waals surface area contributed by atoms with E-state index in [0.717, 1.165) is 0 Å². The zero-order valence-corrected chi connectivity index (χ0v) is 12.0. The molecule has 0 radical (unpaired) electrons. The Morgan fingerprint density at radius 2 is 2.33 bits per heavy atom. The van der Waals surface area contributed by atoms with Crippen molar-refractivity contribution in [1.82, 2.24) is 9.97 Å². The van der Waals surface area contributed by atoms with Crippen LogP contribution >= 0.6 is 23.4 Å². The van der Waals surface area contributed by atoms with Gasteiger partial charge in [-0.05, 0) is 19.6 Å². The molecule has 0 aromatic carbocycles. The molecule has 1 heterocycles. The maximum absolute atomic E-state index is 11.1. The zero-order chi connectivity index (χ0) is 13.4. The Hall–Kier alpha value is -1.01. The van der Waals surface area contributed by atoms with E-state index in [1.165, 1.54) is 11.8 Å². The summed E-state index contributed by atoms with van der Waals surface area (Å²) in [4.78, 5) is 19.4. The largest absolute Gasteiger partial charge is 0.466 e. The second-order valence-corrected chi connectivity index (χ2v) is 4.56. The summed E-state index contributed by atoms with van der Waals surface area (Å²) in [7, 11) is 0. The maximum Gasteiger partial charge on any atom is 0.305 e. The fourth-order valence-corrected chi connectivity index (χ4v) is 1.87. The van der Waals surface area contributed by atoms with Crippen LogP contribution in [0.2, 0.25) is 5.15 Å². The number of aromatic nitrogens is 2. The van der Waals surface area contributed by atoms with Crippen molar-refractivity contribution in [2.45, 2.75) is 24.9 Å². The summed E-state index contributed by atoms with van der Waals surface area (Å²) in [6.45, 7) is 2.85. The molecule has 0 bridgehead atoms. The molecule has 1 N–H and O–H groups in total. The molecule has 0 unspecified atom stereocenters.